The third-order valence-electron chi connectivity index (χ3n) is 8.97. The minimum atomic E-state index is -3.85. The van der Waals surface area contributed by atoms with Gasteiger partial charge in [0.25, 0.3) is 0 Å². The molecule has 1 heterocycles. The number of rotatable bonds is 20. The van der Waals surface area contributed by atoms with E-state index in [-0.39, 0.29) is 5.60 Å². The summed E-state index contributed by atoms with van der Waals surface area (Å²) >= 11 is 0. The van der Waals surface area contributed by atoms with Gasteiger partial charge < -0.3 is 29.7 Å². The quantitative estimate of drug-likeness (QED) is 0.121. The first kappa shape index (κ1) is 39.6. The van der Waals surface area contributed by atoms with Crippen LogP contribution in [-0.2, 0) is 29.7 Å². The molecule has 0 N–H and O–H groups in total. The van der Waals surface area contributed by atoms with Crippen LogP contribution in [0.1, 0.15) is 152 Å². The molecule has 1 aliphatic rings. The molecule has 4 atom stereocenters. The van der Waals surface area contributed by atoms with E-state index in [1.54, 1.807) is 0 Å². The van der Waals surface area contributed by atoms with Crippen molar-refractivity contribution in [3.8, 4) is 0 Å². The zero-order valence-corrected chi connectivity index (χ0v) is 33.5. The summed E-state index contributed by atoms with van der Waals surface area (Å²) in [5.41, 5.74) is -1.20. The predicted molar refractivity (Wildman–Crippen MR) is 179 cm³/mol. The molecule has 246 valence electrons. The molecule has 0 aromatic carbocycles. The van der Waals surface area contributed by atoms with Gasteiger partial charge in [0, 0.05) is 6.55 Å². The molecule has 0 aromatic heterocycles. The van der Waals surface area contributed by atoms with Crippen LogP contribution in [0.3, 0.4) is 0 Å². The standard InChI is InChI=1S/C30H68O7Si4/c1-14-22-25-28(9,17-4)31-41(33-30(20-7,21-8)27-24-16-3)35-38(10)34-39(11,12)36-40(13,37-41)32-29(18-5,19-6)26-23-15-2/h38H,14-27H2,1-13H3. The van der Waals surface area contributed by atoms with Crippen molar-refractivity contribution < 1.29 is 29.7 Å². The molecule has 7 nitrogen and oxygen atoms in total. The maximum Gasteiger partial charge on any atom is 0.663 e. The molecule has 0 spiro atoms. The lowest BCUT2D eigenvalue weighted by Gasteiger charge is -2.50. The molecule has 4 unspecified atom stereocenters. The van der Waals surface area contributed by atoms with Crippen molar-refractivity contribution in [2.45, 2.75) is 195 Å². The van der Waals surface area contributed by atoms with Gasteiger partial charge >= 0.3 is 35.7 Å². The average molecular weight is 653 g/mol. The number of unbranched alkanes of at least 4 members (excludes halogenated alkanes) is 3. The van der Waals surface area contributed by atoms with E-state index in [9.17, 15) is 0 Å². The molecule has 0 aliphatic carbocycles. The second kappa shape index (κ2) is 17.3. The summed E-state index contributed by atoms with van der Waals surface area (Å²) in [6.07, 6.45) is 13.7. The molecule has 0 aromatic rings. The topological polar surface area (TPSA) is 64.6 Å². The van der Waals surface area contributed by atoms with Crippen LogP contribution in [0.2, 0.25) is 26.2 Å². The van der Waals surface area contributed by atoms with E-state index in [4.69, 9.17) is 29.7 Å². The molecule has 0 amide bonds. The van der Waals surface area contributed by atoms with Crippen molar-refractivity contribution in [1.29, 1.82) is 0 Å². The number of hydrogen-bond acceptors (Lipinski definition) is 7. The van der Waals surface area contributed by atoms with Crippen LogP contribution in [0.25, 0.3) is 0 Å². The largest absolute Gasteiger partial charge is 0.663 e. The van der Waals surface area contributed by atoms with Crippen LogP contribution in [-0.4, -0.2) is 52.5 Å². The molecule has 41 heavy (non-hydrogen) atoms. The van der Waals surface area contributed by atoms with Gasteiger partial charge in [-0.3, -0.25) is 0 Å². The molecule has 0 radical (unpaired) electrons. The Bertz CT molecular complexity index is 738. The summed E-state index contributed by atoms with van der Waals surface area (Å²) in [6, 6.07) is 0. The first-order valence-corrected chi connectivity index (χ1v) is 25.8. The van der Waals surface area contributed by atoms with Gasteiger partial charge in [-0.05, 0) is 77.9 Å². The zero-order valence-electron chi connectivity index (χ0n) is 29.3. The molecular formula is C30H68O7Si4. The van der Waals surface area contributed by atoms with E-state index in [0.717, 1.165) is 89.9 Å². The lowest BCUT2D eigenvalue weighted by Crippen LogP contribution is -2.71. The van der Waals surface area contributed by atoms with Crippen LogP contribution in [0, 0.1) is 0 Å². The molecule has 1 saturated heterocycles. The van der Waals surface area contributed by atoms with E-state index < -0.39 is 46.9 Å². The Morgan fingerprint density at radius 2 is 1.05 bits per heavy atom. The Morgan fingerprint density at radius 1 is 0.585 bits per heavy atom. The Hall–Kier alpha value is 0.588. The molecule has 0 saturated carbocycles. The lowest BCUT2D eigenvalue weighted by atomic mass is 9.91. The van der Waals surface area contributed by atoms with Gasteiger partial charge in [-0.15, -0.1) is 0 Å². The summed E-state index contributed by atoms with van der Waals surface area (Å²) in [5, 5.41) is 0. The highest BCUT2D eigenvalue weighted by molar-refractivity contribution is 6.85. The summed E-state index contributed by atoms with van der Waals surface area (Å²) in [4.78, 5) is 0. The Kier molecular flexibility index (Phi) is 16.7. The molecule has 1 fully saturated rings. The Morgan fingerprint density at radius 3 is 1.49 bits per heavy atom. The van der Waals surface area contributed by atoms with Crippen LogP contribution < -0.4 is 0 Å². The summed E-state index contributed by atoms with van der Waals surface area (Å²) in [6.45, 7) is 28.2. The maximum absolute atomic E-state index is 7.29. The second-order valence-electron chi connectivity index (χ2n) is 13.0. The molecule has 1 rings (SSSR count). The summed E-state index contributed by atoms with van der Waals surface area (Å²) < 4.78 is 49.6. The van der Waals surface area contributed by atoms with Gasteiger partial charge in [0.05, 0.1) is 16.8 Å². The van der Waals surface area contributed by atoms with Gasteiger partial charge in [0.2, 0.25) is 0 Å². The maximum atomic E-state index is 7.29. The van der Waals surface area contributed by atoms with Crippen molar-refractivity contribution in [2.75, 3.05) is 0 Å². The highest BCUT2D eigenvalue weighted by Gasteiger charge is 2.64. The van der Waals surface area contributed by atoms with Gasteiger partial charge in [-0.1, -0.05) is 93.9 Å². The SMILES string of the molecule is CCCCC(C)(CC)O[Si]1(OC(CC)(CC)CCCC)O[SiH](C)O[Si](C)(C)O[Si](C)(OC(CC)(CC)CCCC)O1. The first-order valence-electron chi connectivity index (χ1n) is 17.0. The molecule has 11 heteroatoms. The van der Waals surface area contributed by atoms with E-state index in [1.807, 2.05) is 6.55 Å². The van der Waals surface area contributed by atoms with Crippen LogP contribution in [0.4, 0.5) is 0 Å². The fraction of sp³-hybridized carbons (Fsp3) is 1.00. The summed E-state index contributed by atoms with van der Waals surface area (Å²) in [5.74, 6) is 0. The van der Waals surface area contributed by atoms with E-state index in [0.29, 0.717) is 0 Å². The van der Waals surface area contributed by atoms with Gasteiger partial charge in [-0.25, -0.2) is 0 Å². The highest BCUT2D eigenvalue weighted by atomic mass is 28.5. The Labute approximate surface area is 260 Å². The van der Waals surface area contributed by atoms with E-state index in [2.05, 4.69) is 82.0 Å². The van der Waals surface area contributed by atoms with Crippen molar-refractivity contribution in [2.24, 2.45) is 0 Å². The summed E-state index contributed by atoms with van der Waals surface area (Å²) in [7, 11) is -12.1. The monoisotopic (exact) mass is 652 g/mol. The lowest BCUT2D eigenvalue weighted by molar-refractivity contribution is -0.119. The van der Waals surface area contributed by atoms with Crippen LogP contribution in [0.15, 0.2) is 0 Å². The number of hydrogen-bond donors (Lipinski definition) is 0. The smallest absolute Gasteiger partial charge is 0.418 e. The fourth-order valence-electron chi connectivity index (χ4n) is 5.93. The van der Waals surface area contributed by atoms with Crippen molar-refractivity contribution in [1.82, 2.24) is 0 Å². The van der Waals surface area contributed by atoms with Crippen molar-refractivity contribution in [3.63, 3.8) is 0 Å². The fourth-order valence-corrected chi connectivity index (χ4v) is 22.6. The molecule has 1 aliphatic heterocycles. The van der Waals surface area contributed by atoms with Gasteiger partial charge in [-0.2, -0.15) is 0 Å². The minimum Gasteiger partial charge on any atom is -0.418 e. The van der Waals surface area contributed by atoms with E-state index >= 15 is 0 Å². The molecule has 0 bridgehead atoms. The van der Waals surface area contributed by atoms with Gasteiger partial charge in [0.15, 0.2) is 0 Å². The third-order valence-corrected chi connectivity index (χ3v) is 23.2. The Balaban J connectivity index is 3.83. The van der Waals surface area contributed by atoms with Gasteiger partial charge in [0.1, 0.15) is 0 Å². The van der Waals surface area contributed by atoms with Crippen LogP contribution in [0.5, 0.6) is 0 Å². The normalized spacial score (nSPS) is 27.3. The zero-order chi connectivity index (χ0) is 31.4. The predicted octanol–water partition coefficient (Wildman–Crippen LogP) is 9.53. The van der Waals surface area contributed by atoms with Crippen molar-refractivity contribution >= 4 is 35.7 Å². The van der Waals surface area contributed by atoms with Crippen LogP contribution >= 0.6 is 0 Å². The van der Waals surface area contributed by atoms with E-state index in [1.165, 1.54) is 0 Å². The average Bonchev–Trinajstić information content (AvgIpc) is 2.90. The second-order valence-corrected chi connectivity index (χ2v) is 23.8. The third kappa shape index (κ3) is 12.1. The minimum absolute atomic E-state index is 0.338. The highest BCUT2D eigenvalue weighted by Crippen LogP contribution is 2.42. The van der Waals surface area contributed by atoms with Crippen molar-refractivity contribution in [3.05, 3.63) is 0 Å². The first-order chi connectivity index (χ1) is 19.1. The molecular weight excluding hydrogens is 585 g/mol.